The van der Waals surface area contributed by atoms with Crippen molar-refractivity contribution in [2.75, 3.05) is 20.2 Å². The Morgan fingerprint density at radius 2 is 1.91 bits per heavy atom. The highest BCUT2D eigenvalue weighted by atomic mass is 32.2. The Labute approximate surface area is 208 Å². The van der Waals surface area contributed by atoms with Crippen LogP contribution in [0.2, 0.25) is 0 Å². The van der Waals surface area contributed by atoms with Crippen LogP contribution in [0.5, 0.6) is 5.75 Å². The summed E-state index contributed by atoms with van der Waals surface area (Å²) in [5.74, 6) is 1.26. The fourth-order valence-electron chi connectivity index (χ4n) is 4.19. The smallest absolute Gasteiger partial charge is 0.407 e. The van der Waals surface area contributed by atoms with E-state index in [-0.39, 0.29) is 0 Å². The molecule has 34 heavy (non-hydrogen) atoms. The van der Waals surface area contributed by atoms with Crippen molar-refractivity contribution < 1.29 is 19.4 Å². The van der Waals surface area contributed by atoms with Gasteiger partial charge in [-0.15, -0.1) is 0 Å². The average molecular weight is 487 g/mol. The van der Waals surface area contributed by atoms with Crippen LogP contribution in [-0.2, 0) is 17.6 Å². The molecule has 1 heterocycles. The van der Waals surface area contributed by atoms with Gasteiger partial charge < -0.3 is 19.9 Å². The first-order chi connectivity index (χ1) is 15.9. The molecule has 0 radical (unpaired) electrons. The van der Waals surface area contributed by atoms with Gasteiger partial charge in [0.1, 0.15) is 11.4 Å². The van der Waals surface area contributed by atoms with E-state index < -0.39 is 23.3 Å². The molecular formula is C27H38N2O4S. The molecule has 1 amide bonds. The molecule has 1 aliphatic rings. The van der Waals surface area contributed by atoms with Crippen molar-refractivity contribution in [3.8, 4) is 5.75 Å². The summed E-state index contributed by atoms with van der Waals surface area (Å²) in [4.78, 5) is 13.8. The van der Waals surface area contributed by atoms with Gasteiger partial charge in [-0.25, -0.2) is 9.10 Å². The number of amides is 1. The number of rotatable bonds is 7. The molecular weight excluding hydrogens is 448 g/mol. The largest absolute Gasteiger partial charge is 0.497 e. The van der Waals surface area contributed by atoms with Gasteiger partial charge in [0.2, 0.25) is 0 Å². The molecule has 2 N–H and O–H groups in total. The molecule has 0 spiro atoms. The van der Waals surface area contributed by atoms with Crippen molar-refractivity contribution >= 4 is 18.0 Å². The lowest BCUT2D eigenvalue weighted by Crippen LogP contribution is -2.57. The summed E-state index contributed by atoms with van der Waals surface area (Å²) in [7, 11) is 1.68. The lowest BCUT2D eigenvalue weighted by molar-refractivity contribution is -0.00497. The summed E-state index contributed by atoms with van der Waals surface area (Å²) in [6, 6.07) is 15.5. The fourth-order valence-corrected chi connectivity index (χ4v) is 5.51. The second-order valence-electron chi connectivity index (χ2n) is 10.4. The summed E-state index contributed by atoms with van der Waals surface area (Å²) in [6.07, 6.45) is 0.916. The van der Waals surface area contributed by atoms with Crippen molar-refractivity contribution in [1.29, 1.82) is 0 Å². The molecule has 0 unspecified atom stereocenters. The van der Waals surface area contributed by atoms with Crippen molar-refractivity contribution in [3.63, 3.8) is 0 Å². The zero-order valence-corrected chi connectivity index (χ0v) is 21.9. The molecule has 1 aliphatic heterocycles. The summed E-state index contributed by atoms with van der Waals surface area (Å²) >= 11 is 1.65. The number of benzene rings is 2. The Balaban J connectivity index is 1.80. The normalized spacial score (nSPS) is 19.3. The standard InChI is InChI=1S/C27H38N2O4S/c1-19-14-21-16-22(32-6)12-13-23(21)34-29(17-19)18-27(5,31)24(15-20-10-8-7-9-11-20)28-25(30)33-26(2,3)4/h7-13,16,19,24,31H,14-15,17-18H2,1-6H3,(H,28,30)/t19-,24-,27-/m0/s1. The third-order valence-corrected chi connectivity index (χ3v) is 6.93. The van der Waals surface area contributed by atoms with Crippen LogP contribution in [0, 0.1) is 5.92 Å². The first kappa shape index (κ1) is 26.4. The predicted octanol–water partition coefficient (Wildman–Crippen LogP) is 5.08. The van der Waals surface area contributed by atoms with E-state index in [1.54, 1.807) is 26.0 Å². The quantitative estimate of drug-likeness (QED) is 0.532. The van der Waals surface area contributed by atoms with Gasteiger partial charge in [0.15, 0.2) is 0 Å². The highest BCUT2D eigenvalue weighted by Gasteiger charge is 2.37. The van der Waals surface area contributed by atoms with E-state index in [0.717, 1.165) is 24.3 Å². The number of hydrogen-bond donors (Lipinski definition) is 2. The average Bonchev–Trinajstić information content (AvgIpc) is 2.88. The number of nitrogens with zero attached hydrogens (tertiary/aromatic N) is 1. The van der Waals surface area contributed by atoms with Crippen molar-refractivity contribution in [1.82, 2.24) is 9.62 Å². The van der Waals surface area contributed by atoms with Crippen LogP contribution in [0.25, 0.3) is 0 Å². The number of hydrogen-bond acceptors (Lipinski definition) is 6. The van der Waals surface area contributed by atoms with Crippen LogP contribution < -0.4 is 10.1 Å². The first-order valence-electron chi connectivity index (χ1n) is 11.8. The zero-order valence-electron chi connectivity index (χ0n) is 21.1. The fraction of sp³-hybridized carbons (Fsp3) is 0.519. The van der Waals surface area contributed by atoms with Gasteiger partial charge in [0.05, 0.1) is 18.8 Å². The van der Waals surface area contributed by atoms with E-state index in [0.29, 0.717) is 18.9 Å². The van der Waals surface area contributed by atoms with E-state index in [4.69, 9.17) is 9.47 Å². The van der Waals surface area contributed by atoms with Crippen LogP contribution in [0.4, 0.5) is 4.79 Å². The molecule has 0 aliphatic carbocycles. The maximum absolute atomic E-state index is 12.7. The molecule has 6 nitrogen and oxygen atoms in total. The van der Waals surface area contributed by atoms with Gasteiger partial charge in [0, 0.05) is 18.0 Å². The molecule has 186 valence electrons. The highest BCUT2D eigenvalue weighted by Crippen LogP contribution is 2.36. The van der Waals surface area contributed by atoms with Crippen LogP contribution in [0.3, 0.4) is 0 Å². The van der Waals surface area contributed by atoms with Gasteiger partial charge >= 0.3 is 6.09 Å². The number of alkyl carbamates (subject to hydrolysis) is 1. The van der Waals surface area contributed by atoms with Crippen molar-refractivity contribution in [2.24, 2.45) is 5.92 Å². The molecule has 3 atom stereocenters. The summed E-state index contributed by atoms with van der Waals surface area (Å²) < 4.78 is 13.1. The third-order valence-electron chi connectivity index (χ3n) is 5.80. The van der Waals surface area contributed by atoms with E-state index in [1.165, 1.54) is 10.5 Å². The Morgan fingerprint density at radius 1 is 1.21 bits per heavy atom. The predicted molar refractivity (Wildman–Crippen MR) is 137 cm³/mol. The molecule has 7 heteroatoms. The number of nitrogens with one attached hydrogen (secondary N) is 1. The minimum absolute atomic E-state index is 0.390. The molecule has 3 rings (SSSR count). The monoisotopic (exact) mass is 486 g/mol. The number of methoxy groups -OCH3 is 1. The molecule has 0 saturated heterocycles. The Kier molecular flexibility index (Phi) is 8.55. The van der Waals surface area contributed by atoms with Gasteiger partial charge in [0.25, 0.3) is 0 Å². The van der Waals surface area contributed by atoms with Gasteiger partial charge in [-0.05, 0) is 87.7 Å². The number of ether oxygens (including phenoxy) is 2. The van der Waals surface area contributed by atoms with Gasteiger partial charge in [-0.2, -0.15) is 0 Å². The topological polar surface area (TPSA) is 71.0 Å². The van der Waals surface area contributed by atoms with Crippen molar-refractivity contribution in [3.05, 3.63) is 59.7 Å². The van der Waals surface area contributed by atoms with Crippen molar-refractivity contribution in [2.45, 2.75) is 69.6 Å². The Morgan fingerprint density at radius 3 is 2.56 bits per heavy atom. The van der Waals surface area contributed by atoms with Crippen LogP contribution >= 0.6 is 11.9 Å². The number of aliphatic hydroxyl groups is 1. The van der Waals surface area contributed by atoms with E-state index in [9.17, 15) is 9.90 Å². The van der Waals surface area contributed by atoms with Gasteiger partial charge in [-0.3, -0.25) is 0 Å². The molecule has 0 bridgehead atoms. The van der Waals surface area contributed by atoms with Crippen LogP contribution in [-0.4, -0.2) is 52.9 Å². The Bertz CT molecular complexity index is 959. The third kappa shape index (κ3) is 7.65. The first-order valence-corrected chi connectivity index (χ1v) is 12.6. The maximum Gasteiger partial charge on any atom is 0.407 e. The van der Waals surface area contributed by atoms with E-state index in [1.807, 2.05) is 57.2 Å². The molecule has 0 fully saturated rings. The number of carbonyl (C=O) groups is 1. The zero-order chi connectivity index (χ0) is 24.9. The SMILES string of the molecule is COc1ccc2c(c1)C[C@H](C)CN(C[C@](C)(O)[C@H](Cc1ccccc1)NC(=O)OC(C)(C)C)S2. The van der Waals surface area contributed by atoms with Crippen LogP contribution in [0.1, 0.15) is 45.7 Å². The summed E-state index contributed by atoms with van der Waals surface area (Å²) in [5, 5.41) is 14.6. The van der Waals surface area contributed by atoms with Gasteiger partial charge in [-0.1, -0.05) is 37.3 Å². The molecule has 2 aromatic carbocycles. The second kappa shape index (κ2) is 11.0. The molecule has 2 aromatic rings. The maximum atomic E-state index is 12.7. The summed E-state index contributed by atoms with van der Waals surface area (Å²) in [5.41, 5.74) is 0.481. The summed E-state index contributed by atoms with van der Waals surface area (Å²) in [6.45, 7) is 10.7. The Hall–Kier alpha value is -2.22. The highest BCUT2D eigenvalue weighted by molar-refractivity contribution is 7.97. The number of β-amino-alcohol motifs (C(OH)–C–C–N with tert-alkyl or cyclic N) is 1. The minimum atomic E-state index is -1.20. The van der Waals surface area contributed by atoms with E-state index in [2.05, 4.69) is 28.7 Å². The second-order valence-corrected chi connectivity index (χ2v) is 11.6. The van der Waals surface area contributed by atoms with Crippen LogP contribution in [0.15, 0.2) is 53.4 Å². The number of carbonyl (C=O) groups excluding carboxylic acids is 1. The van der Waals surface area contributed by atoms with E-state index >= 15 is 0 Å². The molecule has 0 saturated carbocycles. The molecule has 0 aromatic heterocycles. The lowest BCUT2D eigenvalue weighted by Gasteiger charge is -2.38. The minimum Gasteiger partial charge on any atom is -0.497 e. The lowest BCUT2D eigenvalue weighted by atomic mass is 9.90. The number of fused-ring (bicyclic) bond motifs is 1.